The normalized spacial score (nSPS) is 17.1. The van der Waals surface area contributed by atoms with E-state index >= 15 is 0 Å². The van der Waals surface area contributed by atoms with Crippen molar-refractivity contribution in [3.8, 4) is 0 Å². The van der Waals surface area contributed by atoms with Gasteiger partial charge in [0.2, 0.25) is 17.7 Å². The lowest BCUT2D eigenvalue weighted by Gasteiger charge is -2.35. The number of anilines is 1. The van der Waals surface area contributed by atoms with Gasteiger partial charge in [-0.05, 0) is 43.0 Å². The Hall–Kier alpha value is -3.19. The first-order chi connectivity index (χ1) is 16.3. The summed E-state index contributed by atoms with van der Waals surface area (Å²) in [5.41, 5.74) is 1.71. The van der Waals surface area contributed by atoms with Crippen molar-refractivity contribution in [1.82, 2.24) is 15.5 Å². The third kappa shape index (κ3) is 6.23. The number of nitrogens with one attached hydrogen (secondary N) is 2. The average molecular weight is 465 g/mol. The fourth-order valence-electron chi connectivity index (χ4n) is 4.49. The Bertz CT molecular complexity index is 958. The maximum Gasteiger partial charge on any atom is 0.249 e. The molecule has 0 aromatic heterocycles. The van der Waals surface area contributed by atoms with Crippen LogP contribution in [0.3, 0.4) is 0 Å². The first-order valence-electron chi connectivity index (χ1n) is 12.0. The van der Waals surface area contributed by atoms with Crippen LogP contribution in [0.5, 0.6) is 0 Å². The van der Waals surface area contributed by atoms with Crippen LogP contribution in [0.25, 0.3) is 0 Å². The van der Waals surface area contributed by atoms with Gasteiger partial charge in [-0.1, -0.05) is 62.4 Å². The first-order valence-corrected chi connectivity index (χ1v) is 12.0. The van der Waals surface area contributed by atoms with Crippen molar-refractivity contribution in [3.05, 3.63) is 66.2 Å². The number of carbonyl (C=O) groups is 3. The molecule has 7 heteroatoms. The highest BCUT2D eigenvalue weighted by molar-refractivity contribution is 6.00. The first kappa shape index (κ1) is 25.4. The van der Waals surface area contributed by atoms with Gasteiger partial charge in [0.25, 0.3) is 0 Å². The second kappa shape index (κ2) is 11.8. The predicted octanol–water partition coefficient (Wildman–Crippen LogP) is 2.61. The maximum absolute atomic E-state index is 13.7. The zero-order chi connectivity index (χ0) is 24.7. The van der Waals surface area contributed by atoms with Gasteiger partial charge in [0, 0.05) is 26.2 Å². The van der Waals surface area contributed by atoms with Crippen LogP contribution in [-0.4, -0.2) is 61.4 Å². The molecule has 0 unspecified atom stereocenters. The Morgan fingerprint density at radius 2 is 1.59 bits per heavy atom. The van der Waals surface area contributed by atoms with E-state index in [1.54, 1.807) is 19.0 Å². The Morgan fingerprint density at radius 3 is 2.15 bits per heavy atom. The summed E-state index contributed by atoms with van der Waals surface area (Å²) in [6.07, 6.45) is 2.05. The Kier molecular flexibility index (Phi) is 8.82. The molecule has 3 atom stereocenters. The van der Waals surface area contributed by atoms with Crippen molar-refractivity contribution in [2.45, 2.75) is 51.2 Å². The molecule has 3 amide bonds. The van der Waals surface area contributed by atoms with Crippen molar-refractivity contribution in [3.63, 3.8) is 0 Å². The van der Waals surface area contributed by atoms with Gasteiger partial charge in [-0.3, -0.25) is 14.4 Å². The molecule has 0 spiro atoms. The van der Waals surface area contributed by atoms with E-state index in [1.807, 2.05) is 74.5 Å². The van der Waals surface area contributed by atoms with Crippen LogP contribution in [-0.2, 0) is 20.8 Å². The lowest BCUT2D eigenvalue weighted by molar-refractivity contribution is -0.142. The third-order valence-electron chi connectivity index (χ3n) is 6.40. The number of rotatable bonds is 9. The second-order valence-corrected chi connectivity index (χ2v) is 9.27. The SMILES string of the molecule is CC(C)[C@@H](C(=O)N(C)c1ccccc1)N(C)C(=O)[C@H](Cc1ccccc1)NC(=O)[C@@H]1CCCN1. The molecular weight excluding hydrogens is 428 g/mol. The summed E-state index contributed by atoms with van der Waals surface area (Å²) in [6, 6.07) is 17.3. The van der Waals surface area contributed by atoms with Crippen molar-refractivity contribution in [2.24, 2.45) is 5.92 Å². The number of hydrogen-bond acceptors (Lipinski definition) is 4. The Labute approximate surface area is 202 Å². The summed E-state index contributed by atoms with van der Waals surface area (Å²) in [5.74, 6) is -0.728. The van der Waals surface area contributed by atoms with Crippen LogP contribution >= 0.6 is 0 Å². The summed E-state index contributed by atoms with van der Waals surface area (Å²) < 4.78 is 0. The van der Waals surface area contributed by atoms with E-state index in [0.29, 0.717) is 6.42 Å². The molecule has 1 aliphatic rings. The van der Waals surface area contributed by atoms with Gasteiger partial charge >= 0.3 is 0 Å². The van der Waals surface area contributed by atoms with Crippen LogP contribution in [0.2, 0.25) is 0 Å². The molecule has 182 valence electrons. The fraction of sp³-hybridized carbons (Fsp3) is 0.444. The highest BCUT2D eigenvalue weighted by Crippen LogP contribution is 2.19. The van der Waals surface area contributed by atoms with Gasteiger partial charge in [0.15, 0.2) is 0 Å². The molecule has 34 heavy (non-hydrogen) atoms. The molecular formula is C27H36N4O3. The van der Waals surface area contributed by atoms with E-state index in [-0.39, 0.29) is 29.7 Å². The summed E-state index contributed by atoms with van der Waals surface area (Å²) >= 11 is 0. The molecule has 2 aromatic rings. The summed E-state index contributed by atoms with van der Waals surface area (Å²) in [7, 11) is 3.38. The summed E-state index contributed by atoms with van der Waals surface area (Å²) in [4.78, 5) is 43.2. The number of amides is 3. The minimum Gasteiger partial charge on any atom is -0.343 e. The van der Waals surface area contributed by atoms with Crippen LogP contribution in [0.1, 0.15) is 32.3 Å². The summed E-state index contributed by atoms with van der Waals surface area (Å²) in [6.45, 7) is 4.65. The van der Waals surface area contributed by atoms with E-state index in [4.69, 9.17) is 0 Å². The molecule has 1 fully saturated rings. The van der Waals surface area contributed by atoms with E-state index in [0.717, 1.165) is 30.6 Å². The highest BCUT2D eigenvalue weighted by Gasteiger charge is 2.36. The molecule has 0 bridgehead atoms. The van der Waals surface area contributed by atoms with E-state index < -0.39 is 12.1 Å². The predicted molar refractivity (Wildman–Crippen MR) is 134 cm³/mol. The molecule has 0 radical (unpaired) electrons. The number of para-hydroxylation sites is 1. The smallest absolute Gasteiger partial charge is 0.249 e. The van der Waals surface area contributed by atoms with Gasteiger partial charge < -0.3 is 20.4 Å². The minimum absolute atomic E-state index is 0.114. The van der Waals surface area contributed by atoms with Gasteiger partial charge in [-0.2, -0.15) is 0 Å². The second-order valence-electron chi connectivity index (χ2n) is 9.27. The third-order valence-corrected chi connectivity index (χ3v) is 6.40. The van der Waals surface area contributed by atoms with Crippen molar-refractivity contribution in [2.75, 3.05) is 25.5 Å². The number of nitrogens with zero attached hydrogens (tertiary/aromatic N) is 2. The van der Waals surface area contributed by atoms with E-state index in [2.05, 4.69) is 10.6 Å². The largest absolute Gasteiger partial charge is 0.343 e. The Balaban J connectivity index is 1.82. The molecule has 1 aliphatic heterocycles. The Morgan fingerprint density at radius 1 is 0.971 bits per heavy atom. The van der Waals surface area contributed by atoms with Crippen molar-refractivity contribution in [1.29, 1.82) is 0 Å². The standard InChI is InChI=1S/C27H36N4O3/c1-19(2)24(27(34)30(3)21-14-9-6-10-15-21)31(4)26(33)23(18-20-12-7-5-8-13-20)29-25(32)22-16-11-17-28-22/h5-10,12-15,19,22-24,28H,11,16-18H2,1-4H3,(H,29,32)/t22-,23-,24-/m0/s1. The van der Waals surface area contributed by atoms with E-state index in [1.165, 1.54) is 4.90 Å². The number of carbonyl (C=O) groups excluding carboxylic acids is 3. The molecule has 3 rings (SSSR count). The molecule has 2 aromatic carbocycles. The minimum atomic E-state index is -0.765. The van der Waals surface area contributed by atoms with Crippen LogP contribution in [0.4, 0.5) is 5.69 Å². The number of hydrogen-bond donors (Lipinski definition) is 2. The molecule has 1 heterocycles. The number of benzene rings is 2. The lowest BCUT2D eigenvalue weighted by Crippen LogP contribution is -2.58. The van der Waals surface area contributed by atoms with Crippen LogP contribution < -0.4 is 15.5 Å². The molecule has 1 saturated heterocycles. The van der Waals surface area contributed by atoms with Crippen LogP contribution in [0, 0.1) is 5.92 Å². The molecule has 0 saturated carbocycles. The molecule has 0 aliphatic carbocycles. The lowest BCUT2D eigenvalue weighted by atomic mass is 9.98. The van der Waals surface area contributed by atoms with E-state index in [9.17, 15) is 14.4 Å². The van der Waals surface area contributed by atoms with Gasteiger partial charge in [0.05, 0.1) is 6.04 Å². The average Bonchev–Trinajstić information content (AvgIpc) is 3.39. The maximum atomic E-state index is 13.7. The quantitative estimate of drug-likeness (QED) is 0.598. The zero-order valence-corrected chi connectivity index (χ0v) is 20.5. The number of likely N-dealkylation sites (N-methyl/N-ethyl adjacent to an activating group) is 2. The topological polar surface area (TPSA) is 81.8 Å². The summed E-state index contributed by atoms with van der Waals surface area (Å²) in [5, 5.41) is 6.15. The van der Waals surface area contributed by atoms with Gasteiger partial charge in [-0.15, -0.1) is 0 Å². The zero-order valence-electron chi connectivity index (χ0n) is 20.5. The monoisotopic (exact) mass is 464 g/mol. The molecule has 2 N–H and O–H groups in total. The fourth-order valence-corrected chi connectivity index (χ4v) is 4.49. The van der Waals surface area contributed by atoms with Crippen molar-refractivity contribution >= 4 is 23.4 Å². The van der Waals surface area contributed by atoms with Gasteiger partial charge in [-0.25, -0.2) is 0 Å². The van der Waals surface area contributed by atoms with Gasteiger partial charge in [0.1, 0.15) is 12.1 Å². The van der Waals surface area contributed by atoms with Crippen molar-refractivity contribution < 1.29 is 14.4 Å². The molecule has 7 nitrogen and oxygen atoms in total. The highest BCUT2D eigenvalue weighted by atomic mass is 16.2. The van der Waals surface area contributed by atoms with Crippen LogP contribution in [0.15, 0.2) is 60.7 Å².